The third-order valence-electron chi connectivity index (χ3n) is 4.06. The lowest BCUT2D eigenvalue weighted by atomic mass is 10.1. The summed E-state index contributed by atoms with van der Waals surface area (Å²) in [6.07, 6.45) is 0. The first-order valence-electron chi connectivity index (χ1n) is 9.68. The molecule has 0 bridgehead atoms. The lowest BCUT2D eigenvalue weighted by molar-refractivity contribution is 0.287. The van der Waals surface area contributed by atoms with Crippen molar-refractivity contribution in [2.75, 3.05) is 46.4 Å². The molecule has 0 saturated carbocycles. The first-order valence-corrected chi connectivity index (χ1v) is 9.68. The Balaban J connectivity index is 0.00000676. The minimum absolute atomic E-state index is 0. The van der Waals surface area contributed by atoms with E-state index in [-0.39, 0.29) is 30.0 Å². The standard InChI is InChI=1S/C20H36N4O2.HI/c1-7-21-20(22-13-14-24(6)8-2)23-16(5)17-11-12-18(25-9-3)19(15-17)26-10-4;/h11-12,15-16H,7-10,13-14H2,1-6H3,(H2,21,22,23);1H. The number of nitrogens with zero attached hydrogens (tertiary/aromatic N) is 2. The minimum atomic E-state index is 0. The van der Waals surface area contributed by atoms with E-state index < -0.39 is 0 Å². The average molecular weight is 492 g/mol. The van der Waals surface area contributed by atoms with Crippen molar-refractivity contribution in [2.24, 2.45) is 4.99 Å². The molecule has 0 heterocycles. The first-order chi connectivity index (χ1) is 12.5. The van der Waals surface area contributed by atoms with E-state index in [1.807, 2.05) is 26.0 Å². The fourth-order valence-electron chi connectivity index (χ4n) is 2.44. The molecular weight excluding hydrogens is 455 g/mol. The van der Waals surface area contributed by atoms with E-state index in [0.717, 1.165) is 49.2 Å². The van der Waals surface area contributed by atoms with E-state index >= 15 is 0 Å². The average Bonchev–Trinajstić information content (AvgIpc) is 2.63. The zero-order valence-corrected chi connectivity index (χ0v) is 20.0. The molecule has 0 spiro atoms. The van der Waals surface area contributed by atoms with Gasteiger partial charge in [0.05, 0.1) is 25.8 Å². The van der Waals surface area contributed by atoms with Gasteiger partial charge in [0.25, 0.3) is 0 Å². The van der Waals surface area contributed by atoms with Gasteiger partial charge >= 0.3 is 0 Å². The van der Waals surface area contributed by atoms with Crippen molar-refractivity contribution in [1.82, 2.24) is 15.5 Å². The molecule has 6 nitrogen and oxygen atoms in total. The van der Waals surface area contributed by atoms with Crippen LogP contribution in [0.1, 0.15) is 46.2 Å². The summed E-state index contributed by atoms with van der Waals surface area (Å²) in [6.45, 7) is 15.1. The van der Waals surface area contributed by atoms with Crippen LogP contribution in [0.15, 0.2) is 23.2 Å². The molecule has 0 aliphatic heterocycles. The number of guanidine groups is 1. The zero-order valence-electron chi connectivity index (χ0n) is 17.7. The third-order valence-corrected chi connectivity index (χ3v) is 4.06. The van der Waals surface area contributed by atoms with Gasteiger partial charge in [0.1, 0.15) is 0 Å². The molecule has 1 aromatic rings. The Hall–Kier alpha value is -1.22. The van der Waals surface area contributed by atoms with Crippen LogP contribution in [0.3, 0.4) is 0 Å². The SMILES string of the molecule is CCNC(=NCCN(C)CC)NC(C)c1ccc(OCC)c(OCC)c1.I. The molecule has 1 atom stereocenters. The predicted molar refractivity (Wildman–Crippen MR) is 125 cm³/mol. The van der Waals surface area contributed by atoms with Crippen molar-refractivity contribution >= 4 is 29.9 Å². The first kappa shape index (κ1) is 25.8. The Bertz CT molecular complexity index is 555. The molecule has 0 amide bonds. The summed E-state index contributed by atoms with van der Waals surface area (Å²) in [5, 5.41) is 6.78. The smallest absolute Gasteiger partial charge is 0.191 e. The topological polar surface area (TPSA) is 58.1 Å². The molecule has 0 aromatic heterocycles. The van der Waals surface area contributed by atoms with Crippen LogP contribution in [0.2, 0.25) is 0 Å². The van der Waals surface area contributed by atoms with Gasteiger partial charge in [-0.25, -0.2) is 0 Å². The van der Waals surface area contributed by atoms with Gasteiger partial charge in [-0.1, -0.05) is 13.0 Å². The monoisotopic (exact) mass is 492 g/mol. The zero-order chi connectivity index (χ0) is 19.4. The number of benzene rings is 1. The van der Waals surface area contributed by atoms with Crippen LogP contribution < -0.4 is 20.1 Å². The summed E-state index contributed by atoms with van der Waals surface area (Å²) in [6, 6.07) is 6.19. The Morgan fingerprint density at radius 3 is 2.37 bits per heavy atom. The van der Waals surface area contributed by atoms with Crippen LogP contribution in [0, 0.1) is 0 Å². The molecular formula is C20H37IN4O2. The summed E-state index contributed by atoms with van der Waals surface area (Å²) in [5.74, 6) is 2.40. The van der Waals surface area contributed by atoms with Gasteiger partial charge in [-0.15, -0.1) is 24.0 Å². The highest BCUT2D eigenvalue weighted by Gasteiger charge is 2.12. The van der Waals surface area contributed by atoms with Crippen LogP contribution in [0.5, 0.6) is 11.5 Å². The quantitative estimate of drug-likeness (QED) is 0.281. The molecule has 1 rings (SSSR count). The van der Waals surface area contributed by atoms with Crippen LogP contribution in [-0.2, 0) is 0 Å². The van der Waals surface area contributed by atoms with E-state index in [9.17, 15) is 0 Å². The summed E-state index contributed by atoms with van der Waals surface area (Å²) in [5.41, 5.74) is 1.13. The van der Waals surface area contributed by atoms with Crippen LogP contribution >= 0.6 is 24.0 Å². The molecule has 0 radical (unpaired) electrons. The molecule has 2 N–H and O–H groups in total. The number of likely N-dealkylation sites (N-methyl/N-ethyl adjacent to an activating group) is 1. The second-order valence-electron chi connectivity index (χ2n) is 6.09. The van der Waals surface area contributed by atoms with Gasteiger partial charge < -0.3 is 25.0 Å². The molecule has 0 aliphatic carbocycles. The van der Waals surface area contributed by atoms with Gasteiger partial charge in [-0.3, -0.25) is 4.99 Å². The highest BCUT2D eigenvalue weighted by atomic mass is 127. The fraction of sp³-hybridized carbons (Fsp3) is 0.650. The highest BCUT2D eigenvalue weighted by molar-refractivity contribution is 14.0. The van der Waals surface area contributed by atoms with Crippen molar-refractivity contribution < 1.29 is 9.47 Å². The van der Waals surface area contributed by atoms with Gasteiger partial charge in [0.15, 0.2) is 17.5 Å². The van der Waals surface area contributed by atoms with E-state index in [4.69, 9.17) is 9.47 Å². The van der Waals surface area contributed by atoms with E-state index in [1.165, 1.54) is 0 Å². The Morgan fingerprint density at radius 2 is 1.78 bits per heavy atom. The summed E-state index contributed by atoms with van der Waals surface area (Å²) < 4.78 is 11.4. The van der Waals surface area contributed by atoms with Crippen molar-refractivity contribution in [1.29, 1.82) is 0 Å². The number of nitrogens with one attached hydrogen (secondary N) is 2. The van der Waals surface area contributed by atoms with Crippen LogP contribution in [0.25, 0.3) is 0 Å². The van der Waals surface area contributed by atoms with Gasteiger partial charge in [0, 0.05) is 13.1 Å². The third kappa shape index (κ3) is 9.51. The molecule has 7 heteroatoms. The van der Waals surface area contributed by atoms with E-state index in [2.05, 4.69) is 54.4 Å². The van der Waals surface area contributed by atoms with Crippen LogP contribution in [0.4, 0.5) is 0 Å². The molecule has 27 heavy (non-hydrogen) atoms. The lowest BCUT2D eigenvalue weighted by Crippen LogP contribution is -2.39. The maximum Gasteiger partial charge on any atom is 0.191 e. The molecule has 1 unspecified atom stereocenters. The second kappa shape index (κ2) is 14.8. The van der Waals surface area contributed by atoms with Gasteiger partial charge in [-0.05, 0) is 59.0 Å². The Kier molecular flexibility index (Phi) is 14.1. The Morgan fingerprint density at radius 1 is 1.11 bits per heavy atom. The summed E-state index contributed by atoms with van der Waals surface area (Å²) in [7, 11) is 2.10. The van der Waals surface area contributed by atoms with E-state index in [1.54, 1.807) is 0 Å². The van der Waals surface area contributed by atoms with E-state index in [0.29, 0.717) is 13.2 Å². The highest BCUT2D eigenvalue weighted by Crippen LogP contribution is 2.30. The van der Waals surface area contributed by atoms with Crippen molar-refractivity contribution in [3.63, 3.8) is 0 Å². The Labute approximate surface area is 182 Å². The lowest BCUT2D eigenvalue weighted by Gasteiger charge is -2.20. The predicted octanol–water partition coefficient (Wildman–Crippen LogP) is 3.67. The summed E-state index contributed by atoms with van der Waals surface area (Å²) >= 11 is 0. The van der Waals surface area contributed by atoms with Crippen molar-refractivity contribution in [3.8, 4) is 11.5 Å². The summed E-state index contributed by atoms with van der Waals surface area (Å²) in [4.78, 5) is 6.92. The normalized spacial score (nSPS) is 12.3. The molecule has 156 valence electrons. The molecule has 0 aliphatic rings. The molecule has 0 fully saturated rings. The van der Waals surface area contributed by atoms with Crippen molar-refractivity contribution in [2.45, 2.75) is 40.7 Å². The minimum Gasteiger partial charge on any atom is -0.490 e. The maximum atomic E-state index is 5.73. The largest absolute Gasteiger partial charge is 0.490 e. The number of hydrogen-bond donors (Lipinski definition) is 2. The number of ether oxygens (including phenoxy) is 2. The number of rotatable bonds is 11. The maximum absolute atomic E-state index is 5.73. The number of hydrogen-bond acceptors (Lipinski definition) is 4. The second-order valence-corrected chi connectivity index (χ2v) is 6.09. The number of halogens is 1. The molecule has 0 saturated heterocycles. The van der Waals surface area contributed by atoms with Gasteiger partial charge in [0.2, 0.25) is 0 Å². The van der Waals surface area contributed by atoms with Gasteiger partial charge in [-0.2, -0.15) is 0 Å². The number of aliphatic imine (C=N–C) groups is 1. The van der Waals surface area contributed by atoms with Crippen LogP contribution in [-0.4, -0.2) is 57.3 Å². The molecule has 1 aromatic carbocycles. The fourth-order valence-corrected chi connectivity index (χ4v) is 2.44. The van der Waals surface area contributed by atoms with Crippen molar-refractivity contribution in [3.05, 3.63) is 23.8 Å².